The molecule has 2 amide bonds. The molecule has 0 aliphatic carbocycles. The molecule has 3 aromatic rings. The zero-order valence-corrected chi connectivity index (χ0v) is 19.9. The van der Waals surface area contributed by atoms with Crippen LogP contribution in [0.5, 0.6) is 0 Å². The minimum Gasteiger partial charge on any atom is -0.452 e. The van der Waals surface area contributed by atoms with E-state index in [1.54, 1.807) is 35.2 Å². The van der Waals surface area contributed by atoms with Crippen molar-refractivity contribution >= 4 is 46.8 Å². The zero-order valence-electron chi connectivity index (χ0n) is 18.3. The van der Waals surface area contributed by atoms with Gasteiger partial charge in [0.1, 0.15) is 0 Å². The Hall–Kier alpha value is -3.29. The maximum absolute atomic E-state index is 12.4. The number of carbonyl (C=O) groups is 3. The van der Waals surface area contributed by atoms with E-state index < -0.39 is 18.5 Å². The van der Waals surface area contributed by atoms with Gasteiger partial charge >= 0.3 is 5.97 Å². The molecule has 0 radical (unpaired) electrons. The normalized spacial score (nSPS) is 13.1. The van der Waals surface area contributed by atoms with E-state index in [0.29, 0.717) is 29.2 Å². The number of hydrogen-bond donors (Lipinski definition) is 1. The Morgan fingerprint density at radius 3 is 2.44 bits per heavy atom. The minimum absolute atomic E-state index is 0.155. The summed E-state index contributed by atoms with van der Waals surface area (Å²) in [6.07, 6.45) is 1.48. The summed E-state index contributed by atoms with van der Waals surface area (Å²) in [5.41, 5.74) is 1.92. The van der Waals surface area contributed by atoms with Crippen LogP contribution in [0.3, 0.4) is 0 Å². The molecule has 4 rings (SSSR count). The number of likely N-dealkylation sites (tertiary alicyclic amines) is 1. The fourth-order valence-electron chi connectivity index (χ4n) is 3.53. The van der Waals surface area contributed by atoms with Crippen LogP contribution in [-0.2, 0) is 20.9 Å². The average molecular weight is 495 g/mol. The molecule has 3 aromatic carbocycles. The number of para-hydroxylation sites is 1. The van der Waals surface area contributed by atoms with Gasteiger partial charge in [-0.05, 0) is 60.5 Å². The van der Waals surface area contributed by atoms with Crippen molar-refractivity contribution in [3.63, 3.8) is 0 Å². The molecule has 174 valence electrons. The van der Waals surface area contributed by atoms with Gasteiger partial charge in [0.2, 0.25) is 5.91 Å². The van der Waals surface area contributed by atoms with Crippen molar-refractivity contribution in [3.05, 3.63) is 88.9 Å². The Morgan fingerprint density at radius 1 is 1.00 bits per heavy atom. The van der Waals surface area contributed by atoms with Gasteiger partial charge in [-0.3, -0.25) is 9.59 Å². The van der Waals surface area contributed by atoms with Gasteiger partial charge in [0.25, 0.3) is 5.91 Å². The Bertz CT molecular complexity index is 1180. The number of anilines is 1. The lowest BCUT2D eigenvalue weighted by Gasteiger charge is -2.15. The number of nitrogens with one attached hydrogen (secondary N) is 1. The number of hydrogen-bond acceptors (Lipinski definition) is 5. The highest BCUT2D eigenvalue weighted by atomic mass is 35.5. The van der Waals surface area contributed by atoms with Gasteiger partial charge < -0.3 is 15.0 Å². The van der Waals surface area contributed by atoms with E-state index in [4.69, 9.17) is 16.3 Å². The molecule has 1 aliphatic heterocycles. The van der Waals surface area contributed by atoms with E-state index >= 15 is 0 Å². The number of rotatable bonds is 8. The van der Waals surface area contributed by atoms with Crippen molar-refractivity contribution in [2.45, 2.75) is 29.2 Å². The van der Waals surface area contributed by atoms with E-state index in [1.807, 2.05) is 42.5 Å². The molecule has 0 atom stereocenters. The summed E-state index contributed by atoms with van der Waals surface area (Å²) in [5.74, 6) is -0.855. The molecule has 34 heavy (non-hydrogen) atoms. The monoisotopic (exact) mass is 494 g/mol. The molecule has 1 heterocycles. The second-order valence-electron chi connectivity index (χ2n) is 7.79. The van der Waals surface area contributed by atoms with Gasteiger partial charge in [0.05, 0.1) is 11.3 Å². The van der Waals surface area contributed by atoms with Crippen LogP contribution in [0, 0.1) is 0 Å². The van der Waals surface area contributed by atoms with E-state index in [-0.39, 0.29) is 5.91 Å². The SMILES string of the molecule is O=C(COC(=O)c1ccc(CN2CCCC2=O)cc1)Nc1ccccc1Sc1ccc(Cl)cc1. The van der Waals surface area contributed by atoms with Gasteiger partial charge in [-0.15, -0.1) is 0 Å². The smallest absolute Gasteiger partial charge is 0.338 e. The maximum atomic E-state index is 12.4. The Labute approximate surface area is 207 Å². The molecule has 0 bridgehead atoms. The average Bonchev–Trinajstić information content (AvgIpc) is 3.25. The minimum atomic E-state index is -0.581. The van der Waals surface area contributed by atoms with Crippen molar-refractivity contribution in [2.24, 2.45) is 0 Å². The van der Waals surface area contributed by atoms with Gasteiger partial charge in [0, 0.05) is 34.3 Å². The number of halogens is 1. The summed E-state index contributed by atoms with van der Waals surface area (Å²) in [5, 5.41) is 3.46. The molecule has 0 saturated carbocycles. The lowest BCUT2D eigenvalue weighted by molar-refractivity contribution is -0.128. The molecule has 1 saturated heterocycles. The Kier molecular flexibility index (Phi) is 7.87. The number of carbonyl (C=O) groups excluding carboxylic acids is 3. The van der Waals surface area contributed by atoms with Crippen LogP contribution < -0.4 is 5.32 Å². The van der Waals surface area contributed by atoms with Crippen molar-refractivity contribution in [1.29, 1.82) is 0 Å². The first-order chi connectivity index (χ1) is 16.5. The largest absolute Gasteiger partial charge is 0.452 e. The Morgan fingerprint density at radius 2 is 1.74 bits per heavy atom. The van der Waals surface area contributed by atoms with Crippen LogP contribution in [0.1, 0.15) is 28.8 Å². The molecule has 8 heteroatoms. The summed E-state index contributed by atoms with van der Waals surface area (Å²) in [6.45, 7) is 0.895. The highest BCUT2D eigenvalue weighted by Gasteiger charge is 2.20. The second kappa shape index (κ2) is 11.2. The first-order valence-electron chi connectivity index (χ1n) is 10.8. The van der Waals surface area contributed by atoms with Crippen molar-refractivity contribution in [2.75, 3.05) is 18.5 Å². The van der Waals surface area contributed by atoms with Crippen LogP contribution in [-0.4, -0.2) is 35.8 Å². The summed E-state index contributed by atoms with van der Waals surface area (Å²) in [4.78, 5) is 40.2. The van der Waals surface area contributed by atoms with Gasteiger partial charge in [0.15, 0.2) is 6.61 Å². The van der Waals surface area contributed by atoms with Gasteiger partial charge in [-0.1, -0.05) is 47.6 Å². The highest BCUT2D eigenvalue weighted by molar-refractivity contribution is 7.99. The first-order valence-corrected chi connectivity index (χ1v) is 12.0. The van der Waals surface area contributed by atoms with Crippen LogP contribution in [0.15, 0.2) is 82.6 Å². The fraction of sp³-hybridized carbons (Fsp3) is 0.192. The predicted octanol–water partition coefficient (Wildman–Crippen LogP) is 5.41. The topological polar surface area (TPSA) is 75.7 Å². The van der Waals surface area contributed by atoms with Crippen LogP contribution in [0.25, 0.3) is 0 Å². The number of benzene rings is 3. The van der Waals surface area contributed by atoms with Crippen LogP contribution in [0.4, 0.5) is 5.69 Å². The lowest BCUT2D eigenvalue weighted by atomic mass is 10.1. The first kappa shape index (κ1) is 23.9. The predicted molar refractivity (Wildman–Crippen MR) is 132 cm³/mol. The highest BCUT2D eigenvalue weighted by Crippen LogP contribution is 2.33. The molecule has 1 N–H and O–H groups in total. The molecule has 1 fully saturated rings. The molecule has 0 unspecified atom stereocenters. The summed E-state index contributed by atoms with van der Waals surface area (Å²) in [6, 6.07) is 21.7. The number of amides is 2. The second-order valence-corrected chi connectivity index (χ2v) is 9.34. The van der Waals surface area contributed by atoms with Crippen LogP contribution >= 0.6 is 23.4 Å². The van der Waals surface area contributed by atoms with Gasteiger partial charge in [-0.25, -0.2) is 4.79 Å². The third-order valence-electron chi connectivity index (χ3n) is 5.27. The molecule has 1 aliphatic rings. The van der Waals surface area contributed by atoms with Crippen molar-refractivity contribution < 1.29 is 19.1 Å². The Balaban J connectivity index is 1.29. The van der Waals surface area contributed by atoms with Crippen molar-refractivity contribution in [3.8, 4) is 0 Å². The third kappa shape index (κ3) is 6.40. The fourth-order valence-corrected chi connectivity index (χ4v) is 4.55. The number of esters is 1. The van der Waals surface area contributed by atoms with E-state index in [0.717, 1.165) is 28.3 Å². The maximum Gasteiger partial charge on any atom is 0.338 e. The summed E-state index contributed by atoms with van der Waals surface area (Å²) in [7, 11) is 0. The zero-order chi connectivity index (χ0) is 23.9. The van der Waals surface area contributed by atoms with Crippen LogP contribution in [0.2, 0.25) is 5.02 Å². The molecule has 0 aromatic heterocycles. The third-order valence-corrected chi connectivity index (χ3v) is 6.61. The quantitative estimate of drug-likeness (QED) is 0.424. The van der Waals surface area contributed by atoms with Crippen molar-refractivity contribution in [1.82, 2.24) is 4.90 Å². The number of ether oxygens (including phenoxy) is 1. The van der Waals surface area contributed by atoms with E-state index in [9.17, 15) is 14.4 Å². The summed E-state index contributed by atoms with van der Waals surface area (Å²) >= 11 is 7.44. The molecule has 0 spiro atoms. The molecule has 6 nitrogen and oxygen atoms in total. The van der Waals surface area contributed by atoms with Gasteiger partial charge in [-0.2, -0.15) is 0 Å². The van der Waals surface area contributed by atoms with E-state index in [2.05, 4.69) is 5.32 Å². The number of nitrogens with zero attached hydrogens (tertiary/aromatic N) is 1. The molecular weight excluding hydrogens is 472 g/mol. The molecular formula is C26H23ClN2O4S. The van der Waals surface area contributed by atoms with E-state index in [1.165, 1.54) is 11.8 Å². The lowest BCUT2D eigenvalue weighted by Crippen LogP contribution is -2.23. The summed E-state index contributed by atoms with van der Waals surface area (Å²) < 4.78 is 5.19. The standard InChI is InChI=1S/C26H23ClN2O4S/c27-20-11-13-21(14-12-20)34-23-5-2-1-4-22(23)28-24(30)17-33-26(32)19-9-7-18(8-10-19)16-29-15-3-6-25(29)31/h1-2,4-5,7-14H,3,6,15-17H2,(H,28,30).